The summed E-state index contributed by atoms with van der Waals surface area (Å²) in [4.78, 5) is 0. The van der Waals surface area contributed by atoms with E-state index >= 15 is 0 Å². The van der Waals surface area contributed by atoms with Crippen molar-refractivity contribution in [2.45, 2.75) is 18.9 Å². The molecule has 1 heterocycles. The second-order valence-corrected chi connectivity index (χ2v) is 5.48. The Morgan fingerprint density at radius 1 is 1.47 bits per heavy atom. The molecule has 1 fully saturated rings. The van der Waals surface area contributed by atoms with Gasteiger partial charge in [0, 0.05) is 19.1 Å². The van der Waals surface area contributed by atoms with Crippen LogP contribution in [-0.4, -0.2) is 44.1 Å². The van der Waals surface area contributed by atoms with Crippen LogP contribution in [0.5, 0.6) is 0 Å². The molecule has 8 heteroatoms. The molecule has 90 valence electrons. The highest BCUT2D eigenvalue weighted by Gasteiger charge is 2.24. The van der Waals surface area contributed by atoms with Gasteiger partial charge in [0.1, 0.15) is 0 Å². The smallest absolute Gasteiger partial charge is 0.211 e. The van der Waals surface area contributed by atoms with Crippen molar-refractivity contribution in [2.24, 2.45) is 5.73 Å². The number of nitrogens with zero attached hydrogens (tertiary/aromatic N) is 1. The Morgan fingerprint density at radius 2 is 1.93 bits per heavy atom. The second-order valence-electron chi connectivity index (χ2n) is 3.49. The summed E-state index contributed by atoms with van der Waals surface area (Å²) < 4.78 is 23.8. The van der Waals surface area contributed by atoms with E-state index in [2.05, 4.69) is 5.32 Å². The molecule has 1 saturated heterocycles. The zero-order chi connectivity index (χ0) is 10.8. The molecular weight excluding hydrogens is 240 g/mol. The molecule has 0 spiro atoms. The lowest BCUT2D eigenvalue weighted by Crippen LogP contribution is -2.47. The van der Waals surface area contributed by atoms with E-state index < -0.39 is 10.0 Å². The molecule has 1 rings (SSSR count). The lowest BCUT2D eigenvalue weighted by atomic mass is 10.1. The highest BCUT2D eigenvalue weighted by Crippen LogP contribution is 2.12. The third-order valence-electron chi connectivity index (χ3n) is 2.28. The van der Waals surface area contributed by atoms with Crippen molar-refractivity contribution >= 4 is 28.4 Å². The van der Waals surface area contributed by atoms with E-state index in [-0.39, 0.29) is 24.4 Å². The summed E-state index contributed by atoms with van der Waals surface area (Å²) in [5, 5.41) is 9.83. The van der Waals surface area contributed by atoms with Gasteiger partial charge in [-0.25, -0.2) is 12.7 Å². The lowest BCUT2D eigenvalue weighted by molar-refractivity contribution is 0.308. The van der Waals surface area contributed by atoms with Gasteiger partial charge in [0.15, 0.2) is 5.96 Å². The van der Waals surface area contributed by atoms with Crippen LogP contribution < -0.4 is 11.1 Å². The lowest BCUT2D eigenvalue weighted by Gasteiger charge is -2.30. The van der Waals surface area contributed by atoms with Crippen LogP contribution >= 0.6 is 12.4 Å². The zero-order valence-electron chi connectivity index (χ0n) is 8.56. The van der Waals surface area contributed by atoms with Gasteiger partial charge < -0.3 is 11.1 Å². The van der Waals surface area contributed by atoms with E-state index in [1.165, 1.54) is 10.6 Å². The summed E-state index contributed by atoms with van der Waals surface area (Å²) in [5.74, 6) is -0.0530. The van der Waals surface area contributed by atoms with Gasteiger partial charge in [-0.3, -0.25) is 5.41 Å². The molecule has 0 aromatic carbocycles. The van der Waals surface area contributed by atoms with Crippen LogP contribution in [0.25, 0.3) is 0 Å². The van der Waals surface area contributed by atoms with E-state index in [9.17, 15) is 8.42 Å². The van der Waals surface area contributed by atoms with Crippen LogP contribution in [0.1, 0.15) is 12.8 Å². The van der Waals surface area contributed by atoms with E-state index in [0.29, 0.717) is 25.9 Å². The van der Waals surface area contributed by atoms with E-state index in [1.54, 1.807) is 0 Å². The summed E-state index contributed by atoms with van der Waals surface area (Å²) >= 11 is 0. The molecule has 0 aromatic rings. The van der Waals surface area contributed by atoms with Gasteiger partial charge in [0.05, 0.1) is 6.26 Å². The molecule has 0 bridgehead atoms. The van der Waals surface area contributed by atoms with Gasteiger partial charge in [-0.05, 0) is 12.8 Å². The molecule has 0 unspecified atom stereocenters. The van der Waals surface area contributed by atoms with Crippen LogP contribution in [0, 0.1) is 5.41 Å². The van der Waals surface area contributed by atoms with Gasteiger partial charge in [0.2, 0.25) is 10.0 Å². The second kappa shape index (κ2) is 5.53. The van der Waals surface area contributed by atoms with Crippen molar-refractivity contribution in [3.63, 3.8) is 0 Å². The van der Waals surface area contributed by atoms with Crippen LogP contribution in [0.3, 0.4) is 0 Å². The summed E-state index contributed by atoms with van der Waals surface area (Å²) in [5.41, 5.74) is 5.18. The minimum atomic E-state index is -3.06. The fraction of sp³-hybridized carbons (Fsp3) is 0.857. The molecule has 4 N–H and O–H groups in total. The summed E-state index contributed by atoms with van der Waals surface area (Å²) in [6.45, 7) is 1.01. The van der Waals surface area contributed by atoms with E-state index in [4.69, 9.17) is 11.1 Å². The molecular formula is C7H17ClN4O2S. The number of nitrogens with two attached hydrogens (primary N) is 1. The summed E-state index contributed by atoms with van der Waals surface area (Å²) in [6.07, 6.45) is 2.62. The van der Waals surface area contributed by atoms with Crippen molar-refractivity contribution in [1.29, 1.82) is 5.41 Å². The number of halogens is 1. The van der Waals surface area contributed by atoms with Crippen LogP contribution in [0.2, 0.25) is 0 Å². The molecule has 0 amide bonds. The largest absolute Gasteiger partial charge is 0.370 e. The van der Waals surface area contributed by atoms with Crippen LogP contribution in [-0.2, 0) is 10.0 Å². The summed E-state index contributed by atoms with van der Waals surface area (Å²) in [7, 11) is -3.06. The quantitative estimate of drug-likeness (QED) is 0.450. The van der Waals surface area contributed by atoms with Crippen molar-refractivity contribution in [3.8, 4) is 0 Å². The molecule has 0 radical (unpaired) electrons. The number of piperidine rings is 1. The van der Waals surface area contributed by atoms with Crippen molar-refractivity contribution < 1.29 is 8.42 Å². The molecule has 1 aliphatic heterocycles. The van der Waals surface area contributed by atoms with Crippen LogP contribution in [0.4, 0.5) is 0 Å². The van der Waals surface area contributed by atoms with Gasteiger partial charge in [-0.1, -0.05) is 0 Å². The number of hydrogen-bond acceptors (Lipinski definition) is 3. The SMILES string of the molecule is CS(=O)(=O)N1CCC(NC(=N)N)CC1.Cl. The molecule has 0 saturated carbocycles. The Kier molecular flexibility index (Phi) is 5.33. The monoisotopic (exact) mass is 256 g/mol. The van der Waals surface area contributed by atoms with Crippen LogP contribution in [0.15, 0.2) is 0 Å². The van der Waals surface area contributed by atoms with Crippen molar-refractivity contribution in [1.82, 2.24) is 9.62 Å². The van der Waals surface area contributed by atoms with Gasteiger partial charge in [0.25, 0.3) is 0 Å². The van der Waals surface area contributed by atoms with E-state index in [1.807, 2.05) is 0 Å². The van der Waals surface area contributed by atoms with Crippen molar-refractivity contribution in [3.05, 3.63) is 0 Å². The Balaban J connectivity index is 0.00000196. The third kappa shape index (κ3) is 4.67. The number of guanidine groups is 1. The summed E-state index contributed by atoms with van der Waals surface area (Å²) in [6, 6.07) is 0.130. The predicted molar refractivity (Wildman–Crippen MR) is 61.7 cm³/mol. The Labute approximate surface area is 96.2 Å². The molecule has 0 aliphatic carbocycles. The van der Waals surface area contributed by atoms with E-state index in [0.717, 1.165) is 0 Å². The molecule has 1 aliphatic rings. The first kappa shape index (κ1) is 14.5. The zero-order valence-corrected chi connectivity index (χ0v) is 10.2. The number of hydrogen-bond donors (Lipinski definition) is 3. The van der Waals surface area contributed by atoms with Gasteiger partial charge in [-0.15, -0.1) is 12.4 Å². The fourth-order valence-electron chi connectivity index (χ4n) is 1.55. The highest BCUT2D eigenvalue weighted by molar-refractivity contribution is 7.88. The third-order valence-corrected chi connectivity index (χ3v) is 3.59. The number of rotatable bonds is 2. The minimum Gasteiger partial charge on any atom is -0.370 e. The maximum absolute atomic E-state index is 11.2. The topological polar surface area (TPSA) is 99.3 Å². The molecule has 15 heavy (non-hydrogen) atoms. The van der Waals surface area contributed by atoms with Gasteiger partial charge >= 0.3 is 0 Å². The Bertz CT molecular complexity index is 311. The van der Waals surface area contributed by atoms with Gasteiger partial charge in [-0.2, -0.15) is 0 Å². The average molecular weight is 257 g/mol. The predicted octanol–water partition coefficient (Wildman–Crippen LogP) is -0.685. The molecule has 0 atom stereocenters. The van der Waals surface area contributed by atoms with Crippen molar-refractivity contribution in [2.75, 3.05) is 19.3 Å². The molecule has 0 aromatic heterocycles. The standard InChI is InChI=1S/C7H16N4O2S.ClH/c1-14(12,13)11-4-2-6(3-5-11)10-7(8)9;/h6H,2-5H2,1H3,(H4,8,9,10);1H. The normalized spacial score (nSPS) is 19.3. The fourth-order valence-corrected chi connectivity index (χ4v) is 2.43. The highest BCUT2D eigenvalue weighted by atomic mass is 35.5. The first-order chi connectivity index (χ1) is 6.39. The Morgan fingerprint density at radius 3 is 2.27 bits per heavy atom. The average Bonchev–Trinajstić information content (AvgIpc) is 2.02. The molecule has 6 nitrogen and oxygen atoms in total. The first-order valence-electron chi connectivity index (χ1n) is 4.45. The Hall–Kier alpha value is -0.530. The number of sulfonamides is 1. The first-order valence-corrected chi connectivity index (χ1v) is 6.30. The maximum atomic E-state index is 11.2. The maximum Gasteiger partial charge on any atom is 0.211 e. The number of nitrogens with one attached hydrogen (secondary N) is 2. The minimum absolute atomic E-state index is 0.